The van der Waals surface area contributed by atoms with E-state index >= 15 is 0 Å². The number of alkyl halides is 3. The Balaban J connectivity index is 1.44. The number of hydrogen-bond acceptors (Lipinski definition) is 7. The quantitative estimate of drug-likeness (QED) is 0.464. The van der Waals surface area contributed by atoms with Crippen LogP contribution in [0, 0.1) is 0 Å². The van der Waals surface area contributed by atoms with E-state index in [2.05, 4.69) is 31.7 Å². The van der Waals surface area contributed by atoms with E-state index in [9.17, 15) is 18.3 Å². The molecule has 3 heterocycles. The van der Waals surface area contributed by atoms with E-state index in [1.54, 1.807) is 6.07 Å². The zero-order valence-electron chi connectivity index (χ0n) is 19.0. The molecule has 10 heteroatoms. The highest BCUT2D eigenvalue weighted by Gasteiger charge is 2.33. The van der Waals surface area contributed by atoms with Gasteiger partial charge in [-0.05, 0) is 55.0 Å². The van der Waals surface area contributed by atoms with Crippen LogP contribution >= 0.6 is 0 Å². The molecule has 0 unspecified atom stereocenters. The van der Waals surface area contributed by atoms with E-state index < -0.39 is 11.9 Å². The standard InChI is InChI=1S/C25H26F3N5O2/c26-25(27,28)22-9-8-18(24(33-22)29-13-17-4-2-10-35-17)21-12-23(31-14-30-21)32-20-5-1-3-15-6-7-16(34)11-19(15)20/h1,3,5,8-9,12,14,16-17,34H,2,4,6-7,10-11,13H2,(H,29,33)(H,30,31,32)/t16-,17-/m0/s1. The van der Waals surface area contributed by atoms with Gasteiger partial charge >= 0.3 is 6.18 Å². The second-order valence-electron chi connectivity index (χ2n) is 8.86. The molecule has 1 fully saturated rings. The van der Waals surface area contributed by atoms with Gasteiger partial charge in [0, 0.05) is 36.9 Å². The predicted molar refractivity (Wildman–Crippen MR) is 125 cm³/mol. The lowest BCUT2D eigenvalue weighted by Crippen LogP contribution is -2.20. The van der Waals surface area contributed by atoms with Gasteiger partial charge in [-0.1, -0.05) is 12.1 Å². The first-order chi connectivity index (χ1) is 16.9. The van der Waals surface area contributed by atoms with Gasteiger partial charge in [0.2, 0.25) is 0 Å². The molecular weight excluding hydrogens is 459 g/mol. The molecule has 0 radical (unpaired) electrons. The summed E-state index contributed by atoms with van der Waals surface area (Å²) in [5.74, 6) is 0.591. The van der Waals surface area contributed by atoms with Gasteiger partial charge in [-0.3, -0.25) is 0 Å². The molecule has 0 bridgehead atoms. The Bertz CT molecular complexity index is 1200. The number of nitrogens with zero attached hydrogens (tertiary/aromatic N) is 3. The van der Waals surface area contributed by atoms with E-state index in [-0.39, 0.29) is 18.0 Å². The van der Waals surface area contributed by atoms with Gasteiger partial charge in [0.25, 0.3) is 0 Å². The van der Waals surface area contributed by atoms with Crippen LogP contribution in [-0.4, -0.2) is 45.4 Å². The van der Waals surface area contributed by atoms with Gasteiger partial charge < -0.3 is 20.5 Å². The Morgan fingerprint density at radius 1 is 1.11 bits per heavy atom. The topological polar surface area (TPSA) is 92.2 Å². The van der Waals surface area contributed by atoms with Crippen LogP contribution in [0.3, 0.4) is 0 Å². The molecule has 1 aliphatic carbocycles. The third-order valence-electron chi connectivity index (χ3n) is 6.37. The molecule has 3 aromatic rings. The first-order valence-electron chi connectivity index (χ1n) is 11.7. The van der Waals surface area contributed by atoms with Gasteiger partial charge in [-0.15, -0.1) is 0 Å². The number of aryl methyl sites for hydroxylation is 1. The maximum Gasteiger partial charge on any atom is 0.433 e. The van der Waals surface area contributed by atoms with Crippen LogP contribution in [0.2, 0.25) is 0 Å². The number of rotatable bonds is 6. The summed E-state index contributed by atoms with van der Waals surface area (Å²) in [5, 5.41) is 16.5. The van der Waals surface area contributed by atoms with Gasteiger partial charge in [-0.25, -0.2) is 15.0 Å². The summed E-state index contributed by atoms with van der Waals surface area (Å²) in [6.07, 6.45) is 0.210. The molecule has 5 rings (SSSR count). The highest BCUT2D eigenvalue weighted by Crippen LogP contribution is 2.34. The van der Waals surface area contributed by atoms with E-state index in [0.29, 0.717) is 36.6 Å². The number of benzene rings is 1. The second-order valence-corrected chi connectivity index (χ2v) is 8.86. The van der Waals surface area contributed by atoms with Crippen LogP contribution < -0.4 is 10.6 Å². The number of ether oxygens (including phenoxy) is 1. The molecule has 0 spiro atoms. The molecule has 0 saturated carbocycles. The third kappa shape index (κ3) is 5.38. The SMILES string of the molecule is O[C@H]1CCc2cccc(Nc3cc(-c4ccc(C(F)(F)F)nc4NC[C@@H]4CCCO4)ncn3)c2C1. The Hall–Kier alpha value is -3.24. The smallest absolute Gasteiger partial charge is 0.393 e. The summed E-state index contributed by atoms with van der Waals surface area (Å²) in [4.78, 5) is 12.5. The molecule has 184 valence electrons. The van der Waals surface area contributed by atoms with Crippen LogP contribution in [0.4, 0.5) is 30.5 Å². The van der Waals surface area contributed by atoms with Crippen LogP contribution in [0.25, 0.3) is 11.3 Å². The van der Waals surface area contributed by atoms with Crippen LogP contribution in [0.5, 0.6) is 0 Å². The lowest BCUT2D eigenvalue weighted by atomic mass is 9.88. The Morgan fingerprint density at radius 3 is 2.80 bits per heavy atom. The van der Waals surface area contributed by atoms with E-state index in [4.69, 9.17) is 4.74 Å². The minimum Gasteiger partial charge on any atom is -0.393 e. The minimum atomic E-state index is -4.56. The van der Waals surface area contributed by atoms with Gasteiger partial charge in [0.05, 0.1) is 17.9 Å². The number of halogens is 3. The Kier molecular flexibility index (Phi) is 6.57. The fraction of sp³-hybridized carbons (Fsp3) is 0.400. The number of aromatic nitrogens is 3. The van der Waals surface area contributed by atoms with Crippen molar-refractivity contribution in [3.05, 3.63) is 59.5 Å². The molecule has 0 amide bonds. The molecule has 2 aliphatic rings. The van der Waals surface area contributed by atoms with Crippen molar-refractivity contribution in [2.75, 3.05) is 23.8 Å². The number of pyridine rings is 1. The molecule has 1 aromatic carbocycles. The molecule has 7 nitrogen and oxygen atoms in total. The fourth-order valence-corrected chi connectivity index (χ4v) is 4.57. The van der Waals surface area contributed by atoms with E-state index in [1.807, 2.05) is 12.1 Å². The minimum absolute atomic E-state index is 0.0681. The van der Waals surface area contributed by atoms with Crippen LogP contribution in [0.15, 0.2) is 42.7 Å². The second kappa shape index (κ2) is 9.79. The zero-order chi connectivity index (χ0) is 24.4. The summed E-state index contributed by atoms with van der Waals surface area (Å²) in [7, 11) is 0. The van der Waals surface area contributed by atoms with E-state index in [1.165, 1.54) is 18.0 Å². The summed E-state index contributed by atoms with van der Waals surface area (Å²) in [6.45, 7) is 1.01. The molecule has 35 heavy (non-hydrogen) atoms. The Labute approximate surface area is 200 Å². The van der Waals surface area contributed by atoms with Crippen molar-refractivity contribution < 1.29 is 23.0 Å². The molecule has 1 aliphatic heterocycles. The summed E-state index contributed by atoms with van der Waals surface area (Å²) in [5.41, 5.74) is 2.96. The van der Waals surface area contributed by atoms with Crippen molar-refractivity contribution in [3.8, 4) is 11.3 Å². The van der Waals surface area contributed by atoms with E-state index in [0.717, 1.165) is 43.0 Å². The van der Waals surface area contributed by atoms with Crippen molar-refractivity contribution in [2.45, 2.75) is 50.5 Å². The highest BCUT2D eigenvalue weighted by molar-refractivity contribution is 5.75. The summed E-state index contributed by atoms with van der Waals surface area (Å²) < 4.78 is 45.6. The first kappa shape index (κ1) is 23.5. The maximum absolute atomic E-state index is 13.3. The average Bonchev–Trinajstić information content (AvgIpc) is 3.36. The predicted octanol–water partition coefficient (Wildman–Crippen LogP) is 4.74. The highest BCUT2D eigenvalue weighted by atomic mass is 19.4. The van der Waals surface area contributed by atoms with Crippen molar-refractivity contribution in [2.24, 2.45) is 0 Å². The normalized spacial score (nSPS) is 19.9. The molecule has 3 N–H and O–H groups in total. The molecule has 2 atom stereocenters. The summed E-state index contributed by atoms with van der Waals surface area (Å²) in [6, 6.07) is 9.94. The lowest BCUT2D eigenvalue weighted by Gasteiger charge is -2.23. The fourth-order valence-electron chi connectivity index (χ4n) is 4.57. The number of fused-ring (bicyclic) bond motifs is 1. The number of aliphatic hydroxyl groups excluding tert-OH is 1. The third-order valence-corrected chi connectivity index (χ3v) is 6.37. The first-order valence-corrected chi connectivity index (χ1v) is 11.7. The van der Waals surface area contributed by atoms with Gasteiger partial charge in [-0.2, -0.15) is 13.2 Å². The monoisotopic (exact) mass is 485 g/mol. The number of nitrogens with one attached hydrogen (secondary N) is 2. The summed E-state index contributed by atoms with van der Waals surface area (Å²) >= 11 is 0. The van der Waals surface area contributed by atoms with Crippen molar-refractivity contribution in [3.63, 3.8) is 0 Å². The molecule has 2 aromatic heterocycles. The zero-order valence-corrected chi connectivity index (χ0v) is 19.0. The average molecular weight is 486 g/mol. The Morgan fingerprint density at radius 2 is 2.00 bits per heavy atom. The van der Waals surface area contributed by atoms with Crippen LogP contribution in [-0.2, 0) is 23.8 Å². The lowest BCUT2D eigenvalue weighted by molar-refractivity contribution is -0.141. The largest absolute Gasteiger partial charge is 0.433 e. The number of anilines is 3. The number of aliphatic hydroxyl groups is 1. The van der Waals surface area contributed by atoms with Crippen molar-refractivity contribution >= 4 is 17.3 Å². The molecule has 1 saturated heterocycles. The van der Waals surface area contributed by atoms with Gasteiger partial charge in [0.1, 0.15) is 23.7 Å². The van der Waals surface area contributed by atoms with Gasteiger partial charge in [0.15, 0.2) is 0 Å². The maximum atomic E-state index is 13.3. The number of hydrogen-bond donors (Lipinski definition) is 3. The molecular formula is C25H26F3N5O2. The van der Waals surface area contributed by atoms with Crippen molar-refractivity contribution in [1.82, 2.24) is 15.0 Å². The van der Waals surface area contributed by atoms with Crippen molar-refractivity contribution in [1.29, 1.82) is 0 Å². The van der Waals surface area contributed by atoms with Crippen LogP contribution in [0.1, 0.15) is 36.1 Å².